The molecule has 0 N–H and O–H groups in total. The first kappa shape index (κ1) is 32.9. The van der Waals surface area contributed by atoms with Crippen LogP contribution in [-0.4, -0.2) is 24.6 Å². The van der Waals surface area contributed by atoms with E-state index in [2.05, 4.69) is 13.8 Å². The molecule has 4 nitrogen and oxygen atoms in total. The second-order valence-electron chi connectivity index (χ2n) is 10.2. The second-order valence-corrected chi connectivity index (χ2v) is 10.2. The van der Waals surface area contributed by atoms with Gasteiger partial charge in [0.2, 0.25) is 0 Å². The van der Waals surface area contributed by atoms with E-state index >= 15 is 0 Å². The fourth-order valence-corrected chi connectivity index (χ4v) is 4.28. The van der Waals surface area contributed by atoms with Gasteiger partial charge in [-0.2, -0.15) is 0 Å². The lowest BCUT2D eigenvalue weighted by Crippen LogP contribution is -2.14. The van der Waals surface area contributed by atoms with E-state index in [1.165, 1.54) is 89.9 Å². The molecule has 0 aromatic heterocycles. The van der Waals surface area contributed by atoms with Crippen LogP contribution in [0.3, 0.4) is 0 Å². The number of carbonyl (C=O) groups is 2. The van der Waals surface area contributed by atoms with Crippen LogP contribution >= 0.6 is 0 Å². The average Bonchev–Trinajstić information content (AvgIpc) is 2.82. The molecule has 0 rings (SSSR count). The minimum absolute atomic E-state index is 0.00266. The molecule has 0 aliphatic carbocycles. The van der Waals surface area contributed by atoms with Gasteiger partial charge in [0.05, 0.1) is 12.7 Å². The fraction of sp³-hybridized carbons (Fsp3) is 0.933. The Labute approximate surface area is 212 Å². The van der Waals surface area contributed by atoms with Crippen molar-refractivity contribution in [2.75, 3.05) is 6.61 Å². The summed E-state index contributed by atoms with van der Waals surface area (Å²) in [5.74, 6) is -0.282. The largest absolute Gasteiger partial charge is 0.466 e. The van der Waals surface area contributed by atoms with Gasteiger partial charge < -0.3 is 9.47 Å². The van der Waals surface area contributed by atoms with Gasteiger partial charge in [0.1, 0.15) is 0 Å². The molecule has 0 aromatic rings. The summed E-state index contributed by atoms with van der Waals surface area (Å²) in [7, 11) is 0. The van der Waals surface area contributed by atoms with Crippen LogP contribution in [0.4, 0.5) is 0 Å². The van der Waals surface area contributed by atoms with Crippen LogP contribution in [-0.2, 0) is 19.1 Å². The first-order chi connectivity index (χ1) is 16.6. The van der Waals surface area contributed by atoms with Crippen molar-refractivity contribution < 1.29 is 19.1 Å². The molecule has 0 fully saturated rings. The number of rotatable bonds is 26. The predicted molar refractivity (Wildman–Crippen MR) is 144 cm³/mol. The monoisotopic (exact) mass is 482 g/mol. The third-order valence-corrected chi connectivity index (χ3v) is 6.57. The zero-order chi connectivity index (χ0) is 25.1. The van der Waals surface area contributed by atoms with E-state index < -0.39 is 0 Å². The molecule has 4 heteroatoms. The Morgan fingerprint density at radius 3 is 1.41 bits per heavy atom. The van der Waals surface area contributed by atoms with Crippen molar-refractivity contribution in [2.24, 2.45) is 0 Å². The van der Waals surface area contributed by atoms with Crippen LogP contribution in [0, 0.1) is 0 Å². The highest BCUT2D eigenvalue weighted by molar-refractivity contribution is 5.70. The van der Waals surface area contributed by atoms with Gasteiger partial charge in [-0.05, 0) is 32.6 Å². The predicted octanol–water partition coefficient (Wildman–Crippen LogP) is 9.47. The lowest BCUT2D eigenvalue weighted by Gasteiger charge is -2.12. The van der Waals surface area contributed by atoms with E-state index in [1.54, 1.807) is 0 Å². The third kappa shape index (κ3) is 25.6. The summed E-state index contributed by atoms with van der Waals surface area (Å²) in [6.07, 6.45) is 26.8. The van der Waals surface area contributed by atoms with Crippen molar-refractivity contribution in [3.05, 3.63) is 0 Å². The Kier molecular flexibility index (Phi) is 25.7. The molecule has 0 radical (unpaired) electrons. The summed E-state index contributed by atoms with van der Waals surface area (Å²) >= 11 is 0. The highest BCUT2D eigenvalue weighted by Crippen LogP contribution is 2.14. The van der Waals surface area contributed by atoms with Gasteiger partial charge in [0.15, 0.2) is 0 Å². The summed E-state index contributed by atoms with van der Waals surface area (Å²) < 4.78 is 10.7. The SMILES string of the molecule is CCCCCCCCCCCCCCCCCCOC(=O)CCCCC(=O)OC(C)CCCC. The molecular weight excluding hydrogens is 424 g/mol. The Balaban J connectivity index is 3.28. The smallest absolute Gasteiger partial charge is 0.306 e. The molecule has 1 unspecified atom stereocenters. The van der Waals surface area contributed by atoms with Crippen LogP contribution in [0.15, 0.2) is 0 Å². The first-order valence-corrected chi connectivity index (χ1v) is 14.9. The van der Waals surface area contributed by atoms with Crippen molar-refractivity contribution in [3.63, 3.8) is 0 Å². The molecule has 0 bridgehead atoms. The van der Waals surface area contributed by atoms with Crippen molar-refractivity contribution in [3.8, 4) is 0 Å². The maximum atomic E-state index is 11.8. The number of esters is 2. The molecular formula is C30H58O4. The molecule has 0 aliphatic heterocycles. The molecule has 202 valence electrons. The van der Waals surface area contributed by atoms with E-state index in [0.717, 1.165) is 32.1 Å². The molecule has 0 aromatic carbocycles. The number of hydrogen-bond acceptors (Lipinski definition) is 4. The highest BCUT2D eigenvalue weighted by Gasteiger charge is 2.10. The van der Waals surface area contributed by atoms with Crippen LogP contribution in [0.25, 0.3) is 0 Å². The zero-order valence-corrected chi connectivity index (χ0v) is 23.2. The standard InChI is InChI=1S/C30H58O4/c1-4-6-8-9-10-11-12-13-14-15-16-17-18-19-20-23-27-33-29(31)25-21-22-26-30(32)34-28(3)24-7-5-2/h28H,4-27H2,1-3H3. The summed E-state index contributed by atoms with van der Waals surface area (Å²) in [4.78, 5) is 23.6. The van der Waals surface area contributed by atoms with Gasteiger partial charge in [-0.1, -0.05) is 123 Å². The number of ether oxygens (including phenoxy) is 2. The lowest BCUT2D eigenvalue weighted by molar-refractivity contribution is -0.149. The number of carbonyl (C=O) groups excluding carboxylic acids is 2. The summed E-state index contributed by atoms with van der Waals surface area (Å²) in [6, 6.07) is 0. The second kappa shape index (κ2) is 26.5. The third-order valence-electron chi connectivity index (χ3n) is 6.57. The first-order valence-electron chi connectivity index (χ1n) is 14.9. The maximum absolute atomic E-state index is 11.8. The number of hydrogen-bond donors (Lipinski definition) is 0. The zero-order valence-electron chi connectivity index (χ0n) is 23.2. The lowest BCUT2D eigenvalue weighted by atomic mass is 10.0. The van der Waals surface area contributed by atoms with Gasteiger partial charge >= 0.3 is 11.9 Å². The Bertz CT molecular complexity index is 449. The minimum atomic E-state index is -0.148. The van der Waals surface area contributed by atoms with E-state index in [4.69, 9.17) is 9.47 Å². The summed E-state index contributed by atoms with van der Waals surface area (Å²) in [5, 5.41) is 0. The molecule has 1 atom stereocenters. The fourth-order valence-electron chi connectivity index (χ4n) is 4.28. The molecule has 0 heterocycles. The summed E-state index contributed by atoms with van der Waals surface area (Å²) in [6.45, 7) is 6.90. The topological polar surface area (TPSA) is 52.6 Å². The Hall–Kier alpha value is -1.06. The van der Waals surface area contributed by atoms with E-state index in [0.29, 0.717) is 32.3 Å². The van der Waals surface area contributed by atoms with E-state index in [1.807, 2.05) is 6.92 Å². The van der Waals surface area contributed by atoms with Crippen LogP contribution in [0.2, 0.25) is 0 Å². The molecule has 0 saturated heterocycles. The van der Waals surface area contributed by atoms with Gasteiger partial charge in [-0.15, -0.1) is 0 Å². The number of unbranched alkanes of at least 4 members (excludes halogenated alkanes) is 17. The van der Waals surface area contributed by atoms with Gasteiger partial charge in [-0.3, -0.25) is 9.59 Å². The van der Waals surface area contributed by atoms with E-state index in [-0.39, 0.29) is 18.0 Å². The van der Waals surface area contributed by atoms with Crippen molar-refractivity contribution in [1.82, 2.24) is 0 Å². The van der Waals surface area contributed by atoms with E-state index in [9.17, 15) is 9.59 Å². The molecule has 34 heavy (non-hydrogen) atoms. The quantitative estimate of drug-likeness (QED) is 0.0909. The highest BCUT2D eigenvalue weighted by atomic mass is 16.5. The maximum Gasteiger partial charge on any atom is 0.306 e. The molecule has 0 amide bonds. The van der Waals surface area contributed by atoms with Gasteiger partial charge in [-0.25, -0.2) is 0 Å². The molecule has 0 aliphatic rings. The Morgan fingerprint density at radius 1 is 0.529 bits per heavy atom. The summed E-state index contributed by atoms with van der Waals surface area (Å²) in [5.41, 5.74) is 0. The van der Waals surface area contributed by atoms with Crippen molar-refractivity contribution >= 4 is 11.9 Å². The van der Waals surface area contributed by atoms with Crippen molar-refractivity contribution in [2.45, 2.75) is 175 Å². The van der Waals surface area contributed by atoms with Gasteiger partial charge in [0.25, 0.3) is 0 Å². The van der Waals surface area contributed by atoms with Crippen LogP contribution < -0.4 is 0 Å². The molecule has 0 saturated carbocycles. The van der Waals surface area contributed by atoms with Crippen molar-refractivity contribution in [1.29, 1.82) is 0 Å². The van der Waals surface area contributed by atoms with Crippen LogP contribution in [0.5, 0.6) is 0 Å². The Morgan fingerprint density at radius 2 is 0.941 bits per heavy atom. The average molecular weight is 483 g/mol. The molecule has 0 spiro atoms. The normalized spacial score (nSPS) is 12.0. The van der Waals surface area contributed by atoms with Crippen LogP contribution in [0.1, 0.15) is 168 Å². The minimum Gasteiger partial charge on any atom is -0.466 e. The van der Waals surface area contributed by atoms with Gasteiger partial charge in [0, 0.05) is 12.8 Å².